The maximum Gasteiger partial charge on any atom is 0.0302 e. The molecule has 1 aliphatic rings. The Morgan fingerprint density at radius 1 is 1.07 bits per heavy atom. The van der Waals surface area contributed by atoms with Crippen LogP contribution in [0.4, 0.5) is 0 Å². The van der Waals surface area contributed by atoms with E-state index >= 15 is 0 Å². The van der Waals surface area contributed by atoms with Crippen molar-refractivity contribution in [3.63, 3.8) is 0 Å². The molecule has 78 valence electrons. The maximum atomic E-state index is 5.94. The van der Waals surface area contributed by atoms with E-state index in [9.17, 15) is 0 Å². The number of nitrogens with two attached hydrogens (primary N) is 1. The molecule has 2 N–H and O–H groups in total. The lowest BCUT2D eigenvalue weighted by Crippen LogP contribution is -2.04. The predicted molar refractivity (Wildman–Crippen MR) is 64.4 cm³/mol. The normalized spacial score (nSPS) is 15.7. The number of hydrogen-bond donors (Lipinski definition) is 1. The molecule has 0 bridgehead atoms. The van der Waals surface area contributed by atoms with Crippen LogP contribution in [0.5, 0.6) is 0 Å². The highest BCUT2D eigenvalue weighted by Crippen LogP contribution is 2.20. The second kappa shape index (κ2) is 4.83. The van der Waals surface area contributed by atoms with Gasteiger partial charge in [0.25, 0.3) is 0 Å². The highest BCUT2D eigenvalue weighted by molar-refractivity contribution is 5.27. The van der Waals surface area contributed by atoms with Gasteiger partial charge in [-0.05, 0) is 42.9 Å². The predicted octanol–water partition coefficient (Wildman–Crippen LogP) is 3.18. The third-order valence-corrected chi connectivity index (χ3v) is 2.88. The zero-order chi connectivity index (χ0) is 10.5. The van der Waals surface area contributed by atoms with Crippen molar-refractivity contribution in [3.05, 3.63) is 59.3 Å². The van der Waals surface area contributed by atoms with E-state index in [4.69, 9.17) is 5.73 Å². The van der Waals surface area contributed by atoms with E-state index in [1.54, 1.807) is 0 Å². The SMILES string of the molecule is NC1=C(CCc2ccccc2)CCC=C1. The van der Waals surface area contributed by atoms with Crippen molar-refractivity contribution in [1.82, 2.24) is 0 Å². The molecule has 0 saturated carbocycles. The van der Waals surface area contributed by atoms with Gasteiger partial charge in [0.1, 0.15) is 0 Å². The summed E-state index contributed by atoms with van der Waals surface area (Å²) in [5.41, 5.74) is 9.73. The molecule has 0 aliphatic heterocycles. The third kappa shape index (κ3) is 2.72. The first kappa shape index (κ1) is 10.0. The van der Waals surface area contributed by atoms with Gasteiger partial charge < -0.3 is 5.73 Å². The zero-order valence-corrected chi connectivity index (χ0v) is 8.95. The van der Waals surface area contributed by atoms with Gasteiger partial charge in [-0.25, -0.2) is 0 Å². The first-order valence-corrected chi connectivity index (χ1v) is 5.54. The van der Waals surface area contributed by atoms with Crippen LogP contribution in [-0.2, 0) is 6.42 Å². The van der Waals surface area contributed by atoms with Crippen LogP contribution in [0.15, 0.2) is 53.8 Å². The lowest BCUT2D eigenvalue weighted by Gasteiger charge is -2.12. The van der Waals surface area contributed by atoms with Gasteiger partial charge in [-0.15, -0.1) is 0 Å². The van der Waals surface area contributed by atoms with Crippen molar-refractivity contribution < 1.29 is 0 Å². The summed E-state index contributed by atoms with van der Waals surface area (Å²) >= 11 is 0. The summed E-state index contributed by atoms with van der Waals surface area (Å²) in [6.45, 7) is 0. The highest BCUT2D eigenvalue weighted by atomic mass is 14.6. The molecule has 0 saturated heterocycles. The number of allylic oxidation sites excluding steroid dienone is 3. The molecule has 0 heterocycles. The smallest absolute Gasteiger partial charge is 0.0302 e. The average molecular weight is 199 g/mol. The molecule has 1 aromatic carbocycles. The van der Waals surface area contributed by atoms with Crippen LogP contribution in [0.1, 0.15) is 24.8 Å². The Hall–Kier alpha value is -1.50. The number of benzene rings is 1. The molecule has 15 heavy (non-hydrogen) atoms. The van der Waals surface area contributed by atoms with Crippen LogP contribution in [0.2, 0.25) is 0 Å². The molecule has 1 nitrogen and oxygen atoms in total. The van der Waals surface area contributed by atoms with Crippen LogP contribution in [0, 0.1) is 0 Å². The molecule has 1 aromatic rings. The Labute approximate surface area is 91.3 Å². The van der Waals surface area contributed by atoms with Gasteiger partial charge >= 0.3 is 0 Å². The van der Waals surface area contributed by atoms with Crippen molar-refractivity contribution in [2.45, 2.75) is 25.7 Å². The fraction of sp³-hybridized carbons (Fsp3) is 0.286. The molecule has 0 aromatic heterocycles. The lowest BCUT2D eigenvalue weighted by atomic mass is 9.96. The minimum absolute atomic E-state index is 0.984. The van der Waals surface area contributed by atoms with Gasteiger partial charge in [0.05, 0.1) is 0 Å². The highest BCUT2D eigenvalue weighted by Gasteiger charge is 2.05. The average Bonchev–Trinajstić information content (AvgIpc) is 2.29. The van der Waals surface area contributed by atoms with Crippen LogP contribution < -0.4 is 5.73 Å². The molecule has 1 aliphatic carbocycles. The summed E-state index contributed by atoms with van der Waals surface area (Å²) in [6, 6.07) is 10.6. The van der Waals surface area contributed by atoms with Crippen molar-refractivity contribution >= 4 is 0 Å². The Balaban J connectivity index is 1.96. The minimum Gasteiger partial charge on any atom is -0.399 e. The van der Waals surface area contributed by atoms with E-state index in [1.807, 2.05) is 6.08 Å². The second-order valence-corrected chi connectivity index (χ2v) is 3.99. The van der Waals surface area contributed by atoms with Crippen molar-refractivity contribution in [1.29, 1.82) is 0 Å². The molecule has 1 heteroatoms. The standard InChI is InChI=1S/C14H17N/c15-14-9-5-4-8-13(14)11-10-12-6-2-1-3-7-12/h1-3,5-7,9H,4,8,10-11,15H2. The van der Waals surface area contributed by atoms with E-state index in [0.717, 1.165) is 31.4 Å². The van der Waals surface area contributed by atoms with E-state index in [1.165, 1.54) is 11.1 Å². The summed E-state index contributed by atoms with van der Waals surface area (Å²) in [7, 11) is 0. The summed E-state index contributed by atoms with van der Waals surface area (Å²) in [6.07, 6.45) is 8.68. The number of hydrogen-bond acceptors (Lipinski definition) is 1. The van der Waals surface area contributed by atoms with Gasteiger partial charge in [-0.3, -0.25) is 0 Å². The fourth-order valence-electron chi connectivity index (χ4n) is 1.94. The maximum absolute atomic E-state index is 5.94. The Bertz CT molecular complexity index is 374. The summed E-state index contributed by atoms with van der Waals surface area (Å²) < 4.78 is 0. The quantitative estimate of drug-likeness (QED) is 0.795. The molecule has 0 spiro atoms. The largest absolute Gasteiger partial charge is 0.399 e. The molecule has 0 unspecified atom stereocenters. The summed E-state index contributed by atoms with van der Waals surface area (Å²) in [5.74, 6) is 0. The molecule has 0 atom stereocenters. The lowest BCUT2D eigenvalue weighted by molar-refractivity contribution is 0.821. The van der Waals surface area contributed by atoms with Crippen molar-refractivity contribution in [2.75, 3.05) is 0 Å². The molecule has 0 amide bonds. The second-order valence-electron chi connectivity index (χ2n) is 3.99. The summed E-state index contributed by atoms with van der Waals surface area (Å²) in [5, 5.41) is 0. The van der Waals surface area contributed by atoms with E-state index in [0.29, 0.717) is 0 Å². The zero-order valence-electron chi connectivity index (χ0n) is 8.95. The van der Waals surface area contributed by atoms with Crippen LogP contribution in [-0.4, -0.2) is 0 Å². The molecular formula is C14H17N. The molecule has 2 rings (SSSR count). The monoisotopic (exact) mass is 199 g/mol. The number of rotatable bonds is 3. The van der Waals surface area contributed by atoms with E-state index in [-0.39, 0.29) is 0 Å². The Morgan fingerprint density at radius 3 is 2.60 bits per heavy atom. The number of aryl methyl sites for hydroxylation is 1. The van der Waals surface area contributed by atoms with Gasteiger partial charge in [0, 0.05) is 5.70 Å². The van der Waals surface area contributed by atoms with E-state index in [2.05, 4.69) is 36.4 Å². The van der Waals surface area contributed by atoms with Gasteiger partial charge in [-0.1, -0.05) is 36.4 Å². The Morgan fingerprint density at radius 2 is 1.87 bits per heavy atom. The minimum atomic E-state index is 0.984. The fourth-order valence-corrected chi connectivity index (χ4v) is 1.94. The first-order valence-electron chi connectivity index (χ1n) is 5.54. The third-order valence-electron chi connectivity index (χ3n) is 2.88. The Kier molecular flexibility index (Phi) is 3.23. The molecule has 0 radical (unpaired) electrons. The van der Waals surface area contributed by atoms with Crippen molar-refractivity contribution in [3.8, 4) is 0 Å². The van der Waals surface area contributed by atoms with Crippen LogP contribution in [0.25, 0.3) is 0 Å². The van der Waals surface area contributed by atoms with Crippen molar-refractivity contribution in [2.24, 2.45) is 5.73 Å². The van der Waals surface area contributed by atoms with Crippen LogP contribution >= 0.6 is 0 Å². The first-order chi connectivity index (χ1) is 7.36. The van der Waals surface area contributed by atoms with Gasteiger partial charge in [-0.2, -0.15) is 0 Å². The van der Waals surface area contributed by atoms with Crippen LogP contribution in [0.3, 0.4) is 0 Å². The van der Waals surface area contributed by atoms with Gasteiger partial charge in [0.15, 0.2) is 0 Å². The van der Waals surface area contributed by atoms with E-state index < -0.39 is 0 Å². The molecule has 0 fully saturated rings. The molecular weight excluding hydrogens is 182 g/mol. The van der Waals surface area contributed by atoms with Gasteiger partial charge in [0.2, 0.25) is 0 Å². The summed E-state index contributed by atoms with van der Waals surface area (Å²) in [4.78, 5) is 0. The topological polar surface area (TPSA) is 26.0 Å².